The van der Waals surface area contributed by atoms with E-state index in [4.69, 9.17) is 4.55 Å². The van der Waals surface area contributed by atoms with E-state index in [-0.39, 0.29) is 0 Å². The van der Waals surface area contributed by atoms with Gasteiger partial charge in [-0.25, -0.2) is 4.21 Å². The Hall–Kier alpha value is 0.0300. The van der Waals surface area contributed by atoms with Gasteiger partial charge in [-0.1, -0.05) is 0 Å². The van der Waals surface area contributed by atoms with Crippen LogP contribution in [0, 0.1) is 0 Å². The molecule has 5 heteroatoms. The fraction of sp³-hybridized carbons (Fsp3) is 1.00. The van der Waals surface area contributed by atoms with E-state index in [1.807, 2.05) is 7.05 Å². The average Bonchev–Trinajstić information content (AvgIpc) is 1.79. The first-order chi connectivity index (χ1) is 5.20. The molecule has 0 aromatic rings. The summed E-state index contributed by atoms with van der Waals surface area (Å²) in [5.74, 6) is 0.354. The number of hydrogen-bond acceptors (Lipinski definition) is 3. The van der Waals surface area contributed by atoms with Crippen molar-refractivity contribution in [2.45, 2.75) is 6.04 Å². The van der Waals surface area contributed by atoms with Crippen LogP contribution < -0.4 is 5.32 Å². The molecule has 1 saturated heterocycles. The molecule has 1 fully saturated rings. The van der Waals surface area contributed by atoms with Crippen molar-refractivity contribution in [2.24, 2.45) is 0 Å². The van der Waals surface area contributed by atoms with Gasteiger partial charge in [-0.3, -0.25) is 4.90 Å². The van der Waals surface area contributed by atoms with Crippen molar-refractivity contribution in [3.8, 4) is 0 Å². The lowest BCUT2D eigenvalue weighted by Crippen LogP contribution is -2.56. The molecule has 0 aromatic heterocycles. The molecule has 0 spiro atoms. The van der Waals surface area contributed by atoms with Crippen LogP contribution in [0.25, 0.3) is 0 Å². The van der Waals surface area contributed by atoms with Gasteiger partial charge in [-0.2, -0.15) is 0 Å². The van der Waals surface area contributed by atoms with Crippen molar-refractivity contribution in [1.29, 1.82) is 0 Å². The van der Waals surface area contributed by atoms with E-state index < -0.39 is 11.1 Å². The maximum atomic E-state index is 10.3. The monoisotopic (exact) mass is 178 g/mol. The van der Waals surface area contributed by atoms with Gasteiger partial charge in [0.15, 0.2) is 11.1 Å². The second-order valence-electron chi connectivity index (χ2n) is 2.82. The Morgan fingerprint density at radius 2 is 2.36 bits per heavy atom. The molecule has 4 nitrogen and oxygen atoms in total. The first kappa shape index (κ1) is 9.12. The summed E-state index contributed by atoms with van der Waals surface area (Å²) in [5, 5.41) is 3.15. The highest BCUT2D eigenvalue weighted by Crippen LogP contribution is 2.00. The smallest absolute Gasteiger partial charge is 0.154 e. The first-order valence-electron chi connectivity index (χ1n) is 3.68. The summed E-state index contributed by atoms with van der Waals surface area (Å²) in [7, 11) is 1.98. The van der Waals surface area contributed by atoms with E-state index in [9.17, 15) is 4.21 Å². The summed E-state index contributed by atoms with van der Waals surface area (Å²) in [4.78, 5) is 2.12. The third kappa shape index (κ3) is 2.86. The fourth-order valence-electron chi connectivity index (χ4n) is 0.990. The van der Waals surface area contributed by atoms with Gasteiger partial charge in [0.2, 0.25) is 0 Å². The molecule has 1 unspecified atom stereocenters. The molecular formula is C6H14N2O2S. The van der Waals surface area contributed by atoms with Crippen molar-refractivity contribution < 1.29 is 8.76 Å². The largest absolute Gasteiger partial charge is 0.314 e. The molecule has 0 aliphatic carbocycles. The van der Waals surface area contributed by atoms with Crippen LogP contribution in [0.15, 0.2) is 0 Å². The van der Waals surface area contributed by atoms with Gasteiger partial charge in [0.05, 0.1) is 5.75 Å². The van der Waals surface area contributed by atoms with E-state index in [1.54, 1.807) is 0 Å². The summed E-state index contributed by atoms with van der Waals surface area (Å²) in [6.45, 7) is 2.72. The van der Waals surface area contributed by atoms with Crippen LogP contribution in [-0.4, -0.2) is 52.1 Å². The SMILES string of the molecule is CN(CCS(=O)O)C1CNC1. The topological polar surface area (TPSA) is 52.6 Å². The van der Waals surface area contributed by atoms with E-state index >= 15 is 0 Å². The minimum absolute atomic E-state index is 0.354. The minimum Gasteiger partial charge on any atom is -0.314 e. The summed E-state index contributed by atoms with van der Waals surface area (Å²) < 4.78 is 18.8. The van der Waals surface area contributed by atoms with Gasteiger partial charge in [0.25, 0.3) is 0 Å². The lowest BCUT2D eigenvalue weighted by atomic mass is 10.1. The zero-order valence-corrected chi connectivity index (χ0v) is 7.43. The molecule has 0 amide bonds. The van der Waals surface area contributed by atoms with E-state index in [1.165, 1.54) is 0 Å². The summed E-state index contributed by atoms with van der Waals surface area (Å²) in [6.07, 6.45) is 0. The van der Waals surface area contributed by atoms with Gasteiger partial charge < -0.3 is 9.87 Å². The van der Waals surface area contributed by atoms with Crippen molar-refractivity contribution >= 4 is 11.1 Å². The Bertz CT molecular complexity index is 150. The standard InChI is InChI=1S/C6H14N2O2S/c1-8(2-3-11(9)10)6-4-7-5-6/h6-7H,2-5H2,1H3,(H,9,10). The van der Waals surface area contributed by atoms with Gasteiger partial charge in [0.1, 0.15) is 0 Å². The van der Waals surface area contributed by atoms with Crippen LogP contribution in [0.3, 0.4) is 0 Å². The van der Waals surface area contributed by atoms with Crippen molar-refractivity contribution in [3.05, 3.63) is 0 Å². The third-order valence-corrected chi connectivity index (χ3v) is 2.53. The molecule has 0 saturated carbocycles. The van der Waals surface area contributed by atoms with Crippen molar-refractivity contribution in [1.82, 2.24) is 10.2 Å². The molecule has 1 atom stereocenters. The zero-order chi connectivity index (χ0) is 8.27. The summed E-state index contributed by atoms with van der Waals surface area (Å²) in [6, 6.07) is 0.568. The molecular weight excluding hydrogens is 164 g/mol. The first-order valence-corrected chi connectivity index (χ1v) is 4.96. The number of nitrogens with one attached hydrogen (secondary N) is 1. The van der Waals surface area contributed by atoms with Gasteiger partial charge in [-0.15, -0.1) is 0 Å². The van der Waals surface area contributed by atoms with Gasteiger partial charge in [0, 0.05) is 25.7 Å². The number of likely N-dealkylation sites (N-methyl/N-ethyl adjacent to an activating group) is 1. The normalized spacial score (nSPS) is 21.7. The van der Waals surface area contributed by atoms with E-state index in [2.05, 4.69) is 10.2 Å². The lowest BCUT2D eigenvalue weighted by Gasteiger charge is -2.35. The summed E-state index contributed by atoms with van der Waals surface area (Å²) >= 11 is -1.64. The van der Waals surface area contributed by atoms with Crippen LogP contribution in [0.5, 0.6) is 0 Å². The van der Waals surface area contributed by atoms with Crippen LogP contribution in [0.2, 0.25) is 0 Å². The molecule has 1 rings (SSSR count). The molecule has 0 aromatic carbocycles. The second kappa shape index (κ2) is 4.15. The van der Waals surface area contributed by atoms with Gasteiger partial charge in [-0.05, 0) is 7.05 Å². The maximum absolute atomic E-state index is 10.3. The highest BCUT2D eigenvalue weighted by atomic mass is 32.2. The maximum Gasteiger partial charge on any atom is 0.154 e. The molecule has 11 heavy (non-hydrogen) atoms. The predicted octanol–water partition coefficient (Wildman–Crippen LogP) is -0.888. The Morgan fingerprint density at radius 3 is 2.73 bits per heavy atom. The lowest BCUT2D eigenvalue weighted by molar-refractivity contribution is 0.189. The molecule has 1 aliphatic rings. The average molecular weight is 178 g/mol. The molecule has 66 valence electrons. The number of hydrogen-bond donors (Lipinski definition) is 2. The number of rotatable bonds is 4. The molecule has 1 aliphatic heterocycles. The second-order valence-corrected chi connectivity index (χ2v) is 3.87. The van der Waals surface area contributed by atoms with Crippen LogP contribution in [0.1, 0.15) is 0 Å². The Labute approximate surface area is 69.2 Å². The van der Waals surface area contributed by atoms with Crippen LogP contribution in [0.4, 0.5) is 0 Å². The van der Waals surface area contributed by atoms with Crippen molar-refractivity contribution in [2.75, 3.05) is 32.4 Å². The summed E-state index contributed by atoms with van der Waals surface area (Å²) in [5.41, 5.74) is 0. The van der Waals surface area contributed by atoms with E-state index in [0.717, 1.165) is 13.1 Å². The Morgan fingerprint density at radius 1 is 1.73 bits per heavy atom. The Balaban J connectivity index is 2.09. The van der Waals surface area contributed by atoms with E-state index in [0.29, 0.717) is 18.3 Å². The highest BCUT2D eigenvalue weighted by molar-refractivity contribution is 7.79. The fourth-order valence-corrected chi connectivity index (χ4v) is 1.43. The quantitative estimate of drug-likeness (QED) is 0.548. The van der Waals surface area contributed by atoms with Crippen LogP contribution >= 0.6 is 0 Å². The van der Waals surface area contributed by atoms with Crippen molar-refractivity contribution in [3.63, 3.8) is 0 Å². The molecule has 0 radical (unpaired) electrons. The third-order valence-electron chi connectivity index (χ3n) is 2.00. The number of nitrogens with zero attached hydrogens (tertiary/aromatic N) is 1. The molecule has 1 heterocycles. The van der Waals surface area contributed by atoms with Crippen LogP contribution in [-0.2, 0) is 11.1 Å². The van der Waals surface area contributed by atoms with Gasteiger partial charge >= 0.3 is 0 Å². The minimum atomic E-state index is -1.64. The Kier molecular flexibility index (Phi) is 3.45. The zero-order valence-electron chi connectivity index (χ0n) is 6.62. The predicted molar refractivity (Wildman–Crippen MR) is 44.9 cm³/mol. The highest BCUT2D eigenvalue weighted by Gasteiger charge is 2.20. The molecule has 0 bridgehead atoms. The molecule has 2 N–H and O–H groups in total.